The summed E-state index contributed by atoms with van der Waals surface area (Å²) in [4.78, 5) is 11.8. The zero-order valence-corrected chi connectivity index (χ0v) is 13.5. The van der Waals surface area contributed by atoms with Crippen LogP contribution in [0, 0.1) is 5.41 Å². The Labute approximate surface area is 119 Å². The maximum atomic E-state index is 11.8. The smallest absolute Gasteiger partial charge is 0.327 e. The Bertz CT molecular complexity index is 458. The molecule has 19 heavy (non-hydrogen) atoms. The van der Waals surface area contributed by atoms with Gasteiger partial charge in [0.1, 0.15) is 0 Å². The lowest BCUT2D eigenvalue weighted by Gasteiger charge is -2.34. The normalized spacial score (nSPS) is 15.8. The maximum absolute atomic E-state index is 11.8. The predicted octanol–water partition coefficient (Wildman–Crippen LogP) is 2.40. The van der Waals surface area contributed by atoms with Crippen molar-refractivity contribution in [3.05, 3.63) is 10.5 Å². The van der Waals surface area contributed by atoms with E-state index in [1.54, 1.807) is 16.3 Å². The van der Waals surface area contributed by atoms with Gasteiger partial charge in [-0.05, 0) is 25.7 Å². The molecule has 0 amide bonds. The van der Waals surface area contributed by atoms with Crippen LogP contribution in [0.2, 0.25) is 0 Å². The number of rotatable bonds is 5. The van der Waals surface area contributed by atoms with Gasteiger partial charge in [-0.15, -0.1) is 5.10 Å². The van der Waals surface area contributed by atoms with Crippen molar-refractivity contribution in [2.75, 3.05) is 0 Å². The average Bonchev–Trinajstić information content (AvgIpc) is 2.64. The van der Waals surface area contributed by atoms with E-state index in [0.29, 0.717) is 0 Å². The first-order valence-electron chi connectivity index (χ1n) is 6.77. The number of thioether (sulfide) groups is 1. The van der Waals surface area contributed by atoms with Gasteiger partial charge >= 0.3 is 5.69 Å². The van der Waals surface area contributed by atoms with Crippen LogP contribution in [0.25, 0.3) is 0 Å². The molecule has 6 heteroatoms. The van der Waals surface area contributed by atoms with Gasteiger partial charge in [0.05, 0.1) is 0 Å². The van der Waals surface area contributed by atoms with Gasteiger partial charge in [0.25, 0.3) is 0 Å². The van der Waals surface area contributed by atoms with E-state index in [0.717, 1.165) is 11.6 Å². The standard InChI is InChI=1S/C13H26N4OS/c1-7-9(14)10(13(4,5)6)19-12-16-15-11(18)17(12)8(2)3/h8-10H,7,14H2,1-6H3,(H,15,18). The van der Waals surface area contributed by atoms with Crippen LogP contribution in [0.3, 0.4) is 0 Å². The first-order valence-corrected chi connectivity index (χ1v) is 7.65. The molecule has 3 N–H and O–H groups in total. The van der Waals surface area contributed by atoms with Gasteiger partial charge in [-0.3, -0.25) is 4.57 Å². The summed E-state index contributed by atoms with van der Waals surface area (Å²) in [7, 11) is 0. The number of aromatic nitrogens is 3. The van der Waals surface area contributed by atoms with Crippen molar-refractivity contribution in [2.45, 2.75) is 70.5 Å². The minimum atomic E-state index is -0.157. The van der Waals surface area contributed by atoms with Crippen LogP contribution in [-0.2, 0) is 0 Å². The predicted molar refractivity (Wildman–Crippen MR) is 80.6 cm³/mol. The number of nitrogens with zero attached hydrogens (tertiary/aromatic N) is 2. The van der Waals surface area contributed by atoms with Gasteiger partial charge in [-0.1, -0.05) is 39.5 Å². The molecule has 1 heterocycles. The highest BCUT2D eigenvalue weighted by atomic mass is 32.2. The average molecular weight is 286 g/mol. The van der Waals surface area contributed by atoms with Gasteiger partial charge in [0, 0.05) is 17.3 Å². The minimum absolute atomic E-state index is 0.0525. The molecule has 0 bridgehead atoms. The first-order chi connectivity index (χ1) is 8.68. The van der Waals surface area contributed by atoms with Crippen LogP contribution < -0.4 is 11.4 Å². The monoisotopic (exact) mass is 286 g/mol. The van der Waals surface area contributed by atoms with Crippen LogP contribution in [0.5, 0.6) is 0 Å². The van der Waals surface area contributed by atoms with Gasteiger partial charge in [-0.25, -0.2) is 9.89 Å². The highest BCUT2D eigenvalue weighted by Crippen LogP contribution is 2.37. The second-order valence-corrected chi connectivity index (χ2v) is 7.36. The fraction of sp³-hybridized carbons (Fsp3) is 0.846. The van der Waals surface area contributed by atoms with Crippen molar-refractivity contribution >= 4 is 11.8 Å². The highest BCUT2D eigenvalue weighted by molar-refractivity contribution is 7.99. The van der Waals surface area contributed by atoms with Crippen LogP contribution in [0.1, 0.15) is 54.0 Å². The molecular weight excluding hydrogens is 260 g/mol. The number of nitrogens with two attached hydrogens (primary N) is 1. The summed E-state index contributed by atoms with van der Waals surface area (Å²) in [6.07, 6.45) is 0.908. The highest BCUT2D eigenvalue weighted by Gasteiger charge is 2.32. The van der Waals surface area contributed by atoms with E-state index in [4.69, 9.17) is 5.73 Å². The summed E-state index contributed by atoms with van der Waals surface area (Å²) < 4.78 is 1.69. The molecule has 0 saturated carbocycles. The zero-order chi connectivity index (χ0) is 14.8. The molecule has 1 aromatic rings. The molecule has 5 nitrogen and oxygen atoms in total. The fourth-order valence-corrected chi connectivity index (χ4v) is 3.52. The summed E-state index contributed by atoms with van der Waals surface area (Å²) in [6, 6.07) is 0.171. The van der Waals surface area contributed by atoms with E-state index in [2.05, 4.69) is 37.9 Å². The van der Waals surface area contributed by atoms with Crippen molar-refractivity contribution in [1.82, 2.24) is 14.8 Å². The van der Waals surface area contributed by atoms with E-state index in [-0.39, 0.29) is 28.4 Å². The first kappa shape index (κ1) is 16.3. The van der Waals surface area contributed by atoms with Crippen molar-refractivity contribution in [3.8, 4) is 0 Å². The Hall–Kier alpha value is -0.750. The molecule has 0 aliphatic carbocycles. The van der Waals surface area contributed by atoms with Crippen LogP contribution >= 0.6 is 11.8 Å². The van der Waals surface area contributed by atoms with Gasteiger partial charge < -0.3 is 5.73 Å². The number of hydrogen-bond donors (Lipinski definition) is 2. The Balaban J connectivity index is 3.07. The second-order valence-electron chi connectivity index (χ2n) is 6.25. The third-order valence-corrected chi connectivity index (χ3v) is 4.94. The summed E-state index contributed by atoms with van der Waals surface area (Å²) >= 11 is 1.60. The van der Waals surface area contributed by atoms with Crippen LogP contribution in [0.4, 0.5) is 0 Å². The second kappa shape index (κ2) is 6.13. The molecule has 0 saturated heterocycles. The Morgan fingerprint density at radius 1 is 1.42 bits per heavy atom. The Morgan fingerprint density at radius 3 is 2.42 bits per heavy atom. The quantitative estimate of drug-likeness (QED) is 0.815. The van der Waals surface area contributed by atoms with Crippen molar-refractivity contribution in [2.24, 2.45) is 11.1 Å². The third-order valence-electron chi connectivity index (χ3n) is 3.13. The summed E-state index contributed by atoms with van der Waals surface area (Å²) in [5.41, 5.74) is 6.13. The lowest BCUT2D eigenvalue weighted by Crippen LogP contribution is -2.41. The van der Waals surface area contributed by atoms with Crippen molar-refractivity contribution in [3.63, 3.8) is 0 Å². The Kier molecular flexibility index (Phi) is 5.26. The summed E-state index contributed by atoms with van der Waals surface area (Å²) in [5.74, 6) is 0. The lowest BCUT2D eigenvalue weighted by molar-refractivity contribution is 0.349. The van der Waals surface area contributed by atoms with Gasteiger partial charge in [-0.2, -0.15) is 0 Å². The van der Waals surface area contributed by atoms with Crippen LogP contribution in [0.15, 0.2) is 9.95 Å². The molecule has 0 aromatic carbocycles. The minimum Gasteiger partial charge on any atom is -0.327 e. The maximum Gasteiger partial charge on any atom is 0.344 e. The third kappa shape index (κ3) is 3.86. The number of hydrogen-bond acceptors (Lipinski definition) is 4. The molecule has 2 unspecified atom stereocenters. The molecule has 0 radical (unpaired) electrons. The molecular formula is C13H26N4OS. The summed E-state index contributed by atoms with van der Waals surface area (Å²) in [6.45, 7) is 12.6. The molecule has 110 valence electrons. The topological polar surface area (TPSA) is 76.7 Å². The molecule has 1 aromatic heterocycles. The van der Waals surface area contributed by atoms with Crippen molar-refractivity contribution in [1.29, 1.82) is 0 Å². The van der Waals surface area contributed by atoms with E-state index >= 15 is 0 Å². The molecule has 1 rings (SSSR count). The molecule has 2 atom stereocenters. The fourth-order valence-electron chi connectivity index (χ4n) is 2.06. The molecule has 0 fully saturated rings. The number of nitrogens with one attached hydrogen (secondary N) is 1. The van der Waals surface area contributed by atoms with E-state index in [9.17, 15) is 4.79 Å². The zero-order valence-electron chi connectivity index (χ0n) is 12.7. The molecule has 0 aliphatic rings. The SMILES string of the molecule is CCC(N)C(Sc1n[nH]c(=O)n1C(C)C)C(C)(C)C. The van der Waals surface area contributed by atoms with Gasteiger partial charge in [0.15, 0.2) is 5.16 Å². The van der Waals surface area contributed by atoms with E-state index in [1.165, 1.54) is 0 Å². The molecule has 0 aliphatic heterocycles. The van der Waals surface area contributed by atoms with E-state index < -0.39 is 0 Å². The van der Waals surface area contributed by atoms with Gasteiger partial charge in [0.2, 0.25) is 0 Å². The van der Waals surface area contributed by atoms with Crippen molar-refractivity contribution < 1.29 is 0 Å². The summed E-state index contributed by atoms with van der Waals surface area (Å²) in [5, 5.41) is 7.61. The van der Waals surface area contributed by atoms with Crippen LogP contribution in [-0.4, -0.2) is 26.1 Å². The van der Waals surface area contributed by atoms with E-state index in [1.807, 2.05) is 13.8 Å². The number of H-pyrrole nitrogens is 1. The molecule has 0 spiro atoms. The largest absolute Gasteiger partial charge is 0.344 e. The Morgan fingerprint density at radius 2 is 2.00 bits per heavy atom. The number of aromatic amines is 1. The lowest BCUT2D eigenvalue weighted by atomic mass is 9.87.